The molecule has 6 nitrogen and oxygen atoms in total. The molecule has 1 heterocycles. The quantitative estimate of drug-likeness (QED) is 0.824. The number of benzene rings is 1. The lowest BCUT2D eigenvalue weighted by atomic mass is 9.96. The third-order valence-electron chi connectivity index (χ3n) is 5.32. The molecular weight excluding hydrogens is 338 g/mol. The number of nitrogens with one attached hydrogen (secondary N) is 1. The van der Waals surface area contributed by atoms with Crippen LogP contribution in [0.25, 0.3) is 0 Å². The molecule has 1 saturated carbocycles. The van der Waals surface area contributed by atoms with Crippen LogP contribution in [0.2, 0.25) is 0 Å². The summed E-state index contributed by atoms with van der Waals surface area (Å²) in [6, 6.07) is 9.23. The van der Waals surface area contributed by atoms with Crippen molar-refractivity contribution in [3.8, 4) is 0 Å². The van der Waals surface area contributed by atoms with Gasteiger partial charge in [-0.3, -0.25) is 4.79 Å². The molecule has 7 heteroatoms. The zero-order valence-corrected chi connectivity index (χ0v) is 15.3. The first-order chi connectivity index (χ1) is 11.9. The summed E-state index contributed by atoms with van der Waals surface area (Å²) in [7, 11) is -3.32. The van der Waals surface area contributed by atoms with Crippen LogP contribution in [0.1, 0.15) is 44.1 Å². The molecule has 0 atom stereocenters. The van der Waals surface area contributed by atoms with E-state index in [9.17, 15) is 13.2 Å². The molecule has 0 unspecified atom stereocenters. The van der Waals surface area contributed by atoms with Gasteiger partial charge in [-0.25, -0.2) is 12.7 Å². The number of rotatable bonds is 5. The maximum atomic E-state index is 12.6. The van der Waals surface area contributed by atoms with Gasteiger partial charge in [-0.15, -0.1) is 0 Å². The van der Waals surface area contributed by atoms with Crippen LogP contribution in [-0.4, -0.2) is 43.3 Å². The van der Waals surface area contributed by atoms with E-state index in [-0.39, 0.29) is 17.7 Å². The van der Waals surface area contributed by atoms with E-state index in [1.807, 2.05) is 30.3 Å². The molecule has 138 valence electrons. The molecule has 0 bridgehead atoms. The van der Waals surface area contributed by atoms with Crippen LogP contribution in [0, 0.1) is 0 Å². The summed E-state index contributed by atoms with van der Waals surface area (Å²) in [5.74, 6) is -0.0489. The maximum absolute atomic E-state index is 12.6. The van der Waals surface area contributed by atoms with Gasteiger partial charge in [0, 0.05) is 19.1 Å². The van der Waals surface area contributed by atoms with Crippen molar-refractivity contribution in [1.82, 2.24) is 9.62 Å². The van der Waals surface area contributed by atoms with Crippen molar-refractivity contribution in [2.45, 2.75) is 55.9 Å². The smallest absolute Gasteiger partial charge is 0.240 e. The van der Waals surface area contributed by atoms with Gasteiger partial charge in [-0.05, 0) is 31.2 Å². The van der Waals surface area contributed by atoms with Crippen LogP contribution in [0.5, 0.6) is 0 Å². The number of nitrogens with zero attached hydrogens (tertiary/aromatic N) is 1. The number of hydrogen-bond acceptors (Lipinski definition) is 4. The van der Waals surface area contributed by atoms with E-state index in [0.717, 1.165) is 31.2 Å². The Hall–Kier alpha value is -1.44. The standard InChI is InChI=1S/C18H27N3O3S/c19-18(10-4-5-11-18)17(22)20-16-8-12-21(13-9-16)25(23,24)14-15-6-2-1-3-7-15/h1-3,6-7,16H,4-5,8-14,19H2,(H,20,22). The van der Waals surface area contributed by atoms with Crippen LogP contribution in [0.4, 0.5) is 0 Å². The van der Waals surface area contributed by atoms with Gasteiger partial charge in [-0.1, -0.05) is 43.2 Å². The van der Waals surface area contributed by atoms with Gasteiger partial charge < -0.3 is 11.1 Å². The summed E-state index contributed by atoms with van der Waals surface area (Å²) in [6.45, 7) is 0.884. The van der Waals surface area contributed by atoms with Crippen molar-refractivity contribution in [2.75, 3.05) is 13.1 Å². The largest absolute Gasteiger partial charge is 0.352 e. The second kappa shape index (κ2) is 7.43. The predicted octanol–water partition coefficient (Wildman–Crippen LogP) is 1.37. The van der Waals surface area contributed by atoms with E-state index in [1.165, 1.54) is 4.31 Å². The second-order valence-corrected chi connectivity index (χ2v) is 9.22. The number of carbonyl (C=O) groups excluding carboxylic acids is 1. The zero-order chi connectivity index (χ0) is 17.9. The minimum Gasteiger partial charge on any atom is -0.352 e. The molecule has 2 aliphatic rings. The van der Waals surface area contributed by atoms with Gasteiger partial charge in [0.25, 0.3) is 0 Å². The Morgan fingerprint density at radius 1 is 1.16 bits per heavy atom. The highest BCUT2D eigenvalue weighted by Crippen LogP contribution is 2.28. The summed E-state index contributed by atoms with van der Waals surface area (Å²) in [4.78, 5) is 12.4. The van der Waals surface area contributed by atoms with Crippen LogP contribution < -0.4 is 11.1 Å². The Morgan fingerprint density at radius 2 is 1.76 bits per heavy atom. The van der Waals surface area contributed by atoms with E-state index in [0.29, 0.717) is 25.9 Å². The average molecular weight is 365 g/mol. The molecule has 1 amide bonds. The summed E-state index contributed by atoms with van der Waals surface area (Å²) < 4.78 is 26.7. The average Bonchev–Trinajstić information content (AvgIpc) is 3.04. The van der Waals surface area contributed by atoms with E-state index >= 15 is 0 Å². The highest BCUT2D eigenvalue weighted by molar-refractivity contribution is 7.88. The van der Waals surface area contributed by atoms with Crippen LogP contribution in [-0.2, 0) is 20.6 Å². The van der Waals surface area contributed by atoms with E-state index < -0.39 is 15.6 Å². The first-order valence-corrected chi connectivity index (χ1v) is 10.6. The number of hydrogen-bond donors (Lipinski definition) is 2. The molecular formula is C18H27N3O3S. The Kier molecular flexibility index (Phi) is 5.46. The predicted molar refractivity (Wildman–Crippen MR) is 97.2 cm³/mol. The van der Waals surface area contributed by atoms with Crippen LogP contribution in [0.3, 0.4) is 0 Å². The normalized spacial score (nSPS) is 22.0. The topological polar surface area (TPSA) is 92.5 Å². The summed E-state index contributed by atoms with van der Waals surface area (Å²) in [5, 5.41) is 3.04. The van der Waals surface area contributed by atoms with E-state index in [1.54, 1.807) is 0 Å². The Morgan fingerprint density at radius 3 is 2.36 bits per heavy atom. The fourth-order valence-corrected chi connectivity index (χ4v) is 5.28. The second-order valence-electron chi connectivity index (χ2n) is 7.25. The molecule has 1 aliphatic carbocycles. The summed E-state index contributed by atoms with van der Waals surface area (Å²) in [5.41, 5.74) is 6.25. The number of nitrogens with two attached hydrogens (primary N) is 1. The number of amides is 1. The van der Waals surface area contributed by atoms with Crippen molar-refractivity contribution in [3.63, 3.8) is 0 Å². The third kappa shape index (κ3) is 4.40. The van der Waals surface area contributed by atoms with E-state index in [2.05, 4.69) is 5.32 Å². The lowest BCUT2D eigenvalue weighted by Gasteiger charge is -2.33. The molecule has 1 saturated heterocycles. The molecule has 1 aromatic rings. The van der Waals surface area contributed by atoms with Gasteiger partial charge in [0.15, 0.2) is 0 Å². The van der Waals surface area contributed by atoms with Crippen molar-refractivity contribution in [2.24, 2.45) is 5.73 Å². The minimum absolute atomic E-state index is 0.0108. The van der Waals surface area contributed by atoms with Crippen molar-refractivity contribution >= 4 is 15.9 Å². The molecule has 2 fully saturated rings. The Bertz CT molecular complexity index is 692. The fourth-order valence-electron chi connectivity index (χ4n) is 3.72. The molecule has 1 aliphatic heterocycles. The third-order valence-corrected chi connectivity index (χ3v) is 7.17. The van der Waals surface area contributed by atoms with Gasteiger partial charge in [-0.2, -0.15) is 0 Å². The summed E-state index contributed by atoms with van der Waals surface area (Å²) in [6.07, 6.45) is 4.75. The van der Waals surface area contributed by atoms with Crippen molar-refractivity contribution in [3.05, 3.63) is 35.9 Å². The molecule has 0 spiro atoms. The lowest BCUT2D eigenvalue weighted by Crippen LogP contribution is -2.56. The number of piperidine rings is 1. The van der Waals surface area contributed by atoms with Crippen molar-refractivity contribution < 1.29 is 13.2 Å². The Balaban J connectivity index is 1.52. The molecule has 25 heavy (non-hydrogen) atoms. The van der Waals surface area contributed by atoms with Crippen molar-refractivity contribution in [1.29, 1.82) is 0 Å². The highest BCUT2D eigenvalue weighted by Gasteiger charge is 2.38. The van der Waals surface area contributed by atoms with Gasteiger partial charge in [0.1, 0.15) is 0 Å². The molecule has 3 N–H and O–H groups in total. The zero-order valence-electron chi connectivity index (χ0n) is 14.5. The van der Waals surface area contributed by atoms with E-state index in [4.69, 9.17) is 5.73 Å². The SMILES string of the molecule is NC1(C(=O)NC2CCN(S(=O)(=O)Cc3ccccc3)CC2)CCCC1. The minimum atomic E-state index is -3.32. The number of carbonyl (C=O) groups is 1. The highest BCUT2D eigenvalue weighted by atomic mass is 32.2. The van der Waals surface area contributed by atoms with Gasteiger partial charge in [0.2, 0.25) is 15.9 Å². The lowest BCUT2D eigenvalue weighted by molar-refractivity contribution is -0.127. The molecule has 1 aromatic carbocycles. The molecule has 0 radical (unpaired) electrons. The number of sulfonamides is 1. The maximum Gasteiger partial charge on any atom is 0.240 e. The molecule has 0 aromatic heterocycles. The molecule has 3 rings (SSSR count). The first kappa shape index (κ1) is 18.4. The Labute approximate surface area is 149 Å². The van der Waals surface area contributed by atoms with Gasteiger partial charge >= 0.3 is 0 Å². The monoisotopic (exact) mass is 365 g/mol. The van der Waals surface area contributed by atoms with Gasteiger partial charge in [0.05, 0.1) is 11.3 Å². The summed E-state index contributed by atoms with van der Waals surface area (Å²) >= 11 is 0. The van der Waals surface area contributed by atoms with Crippen LogP contribution >= 0.6 is 0 Å². The first-order valence-electron chi connectivity index (χ1n) is 9.01. The van der Waals surface area contributed by atoms with Crippen LogP contribution in [0.15, 0.2) is 30.3 Å². The fraction of sp³-hybridized carbons (Fsp3) is 0.611.